The number of aromatic nitrogens is 6. The van der Waals surface area contributed by atoms with Crippen molar-refractivity contribution in [3.8, 4) is 0 Å². The minimum Gasteiger partial charge on any atom is -0.324 e. The molecular formula is C16H22N8. The third-order valence-corrected chi connectivity index (χ3v) is 4.76. The summed E-state index contributed by atoms with van der Waals surface area (Å²) in [6.07, 6.45) is 4.07. The lowest BCUT2D eigenvalue weighted by atomic mass is 9.96. The number of H-pyrrole nitrogens is 2. The van der Waals surface area contributed by atoms with E-state index in [1.54, 1.807) is 0 Å². The average molecular weight is 326 g/mol. The largest absolute Gasteiger partial charge is 0.324 e. The lowest BCUT2D eigenvalue weighted by molar-refractivity contribution is 0.201. The van der Waals surface area contributed by atoms with Gasteiger partial charge in [-0.1, -0.05) is 0 Å². The van der Waals surface area contributed by atoms with Crippen LogP contribution in [0.1, 0.15) is 41.7 Å². The van der Waals surface area contributed by atoms with Crippen molar-refractivity contribution in [2.24, 2.45) is 5.73 Å². The molecule has 126 valence electrons. The first-order valence-electron chi connectivity index (χ1n) is 8.36. The Kier molecular flexibility index (Phi) is 3.99. The van der Waals surface area contributed by atoms with Crippen molar-refractivity contribution in [1.29, 1.82) is 0 Å². The van der Waals surface area contributed by atoms with Crippen molar-refractivity contribution in [3.05, 3.63) is 35.2 Å². The monoisotopic (exact) mass is 326 g/mol. The summed E-state index contributed by atoms with van der Waals surface area (Å²) >= 11 is 0. The number of hydrogen-bond donors (Lipinski definition) is 3. The Balaban J connectivity index is 1.39. The molecular weight excluding hydrogens is 304 g/mol. The van der Waals surface area contributed by atoms with Crippen molar-refractivity contribution in [2.45, 2.75) is 38.8 Å². The molecule has 0 radical (unpaired) electrons. The predicted octanol–water partition coefficient (Wildman–Crippen LogP) is 1.22. The van der Waals surface area contributed by atoms with Crippen LogP contribution in [0.4, 0.5) is 0 Å². The van der Waals surface area contributed by atoms with Gasteiger partial charge in [0.05, 0.1) is 6.54 Å². The first-order chi connectivity index (χ1) is 11.7. The molecule has 0 saturated carbocycles. The summed E-state index contributed by atoms with van der Waals surface area (Å²) < 4.78 is 0. The van der Waals surface area contributed by atoms with Crippen LogP contribution in [0.5, 0.6) is 0 Å². The van der Waals surface area contributed by atoms with Crippen molar-refractivity contribution in [2.75, 3.05) is 13.1 Å². The lowest BCUT2D eigenvalue weighted by Gasteiger charge is -2.30. The highest BCUT2D eigenvalue weighted by molar-refractivity contribution is 5.77. The fraction of sp³-hybridized carbons (Fsp3) is 0.500. The minimum absolute atomic E-state index is 0.411. The van der Waals surface area contributed by atoms with E-state index in [0.717, 1.165) is 60.9 Å². The summed E-state index contributed by atoms with van der Waals surface area (Å²) in [7, 11) is 0. The smallest absolute Gasteiger partial charge is 0.181 e. The number of piperidine rings is 1. The molecule has 4 heterocycles. The zero-order valence-corrected chi connectivity index (χ0v) is 13.8. The topological polar surface area (TPSA) is 112 Å². The van der Waals surface area contributed by atoms with E-state index in [2.05, 4.69) is 41.3 Å². The van der Waals surface area contributed by atoms with E-state index in [9.17, 15) is 0 Å². The van der Waals surface area contributed by atoms with Crippen LogP contribution in [-0.4, -0.2) is 48.4 Å². The van der Waals surface area contributed by atoms with Gasteiger partial charge in [-0.05, 0) is 44.5 Å². The summed E-state index contributed by atoms with van der Waals surface area (Å²) in [5, 5.41) is 15.5. The standard InChI is InChI=1S/C16H22N8/c1-10-13-6-11(8-18-16(13)23-20-10)9-24-4-2-12(3-5-24)15-19-14(7-17)21-22-15/h6,8,12H,2-5,7,9,17H2,1H3,(H,18,20,23)(H,19,21,22). The normalized spacial score (nSPS) is 16.9. The number of nitrogens with zero attached hydrogens (tertiary/aromatic N) is 5. The first-order valence-corrected chi connectivity index (χ1v) is 8.36. The second kappa shape index (κ2) is 6.29. The van der Waals surface area contributed by atoms with Crippen LogP contribution in [0.25, 0.3) is 11.0 Å². The summed E-state index contributed by atoms with van der Waals surface area (Å²) in [5.74, 6) is 2.10. The van der Waals surface area contributed by atoms with Crippen molar-refractivity contribution in [1.82, 2.24) is 35.3 Å². The van der Waals surface area contributed by atoms with Gasteiger partial charge >= 0.3 is 0 Å². The number of aryl methyl sites for hydroxylation is 1. The number of nitrogens with two attached hydrogens (primary N) is 1. The Hall–Kier alpha value is -2.32. The molecule has 8 nitrogen and oxygen atoms in total. The number of nitrogens with one attached hydrogen (secondary N) is 2. The van der Waals surface area contributed by atoms with Crippen LogP contribution in [0.2, 0.25) is 0 Å². The Morgan fingerprint density at radius 2 is 2.08 bits per heavy atom. The Morgan fingerprint density at radius 3 is 2.83 bits per heavy atom. The molecule has 0 aromatic carbocycles. The van der Waals surface area contributed by atoms with Gasteiger partial charge in [-0.25, -0.2) is 9.97 Å². The number of likely N-dealkylation sites (tertiary alicyclic amines) is 1. The molecule has 1 saturated heterocycles. The van der Waals surface area contributed by atoms with E-state index in [-0.39, 0.29) is 0 Å². The van der Waals surface area contributed by atoms with Gasteiger partial charge in [0.25, 0.3) is 0 Å². The van der Waals surface area contributed by atoms with Gasteiger partial charge in [-0.2, -0.15) is 10.2 Å². The van der Waals surface area contributed by atoms with Crippen LogP contribution in [0.15, 0.2) is 12.3 Å². The van der Waals surface area contributed by atoms with Crippen molar-refractivity contribution in [3.63, 3.8) is 0 Å². The van der Waals surface area contributed by atoms with Crippen LogP contribution >= 0.6 is 0 Å². The second-order valence-corrected chi connectivity index (χ2v) is 6.46. The molecule has 3 aromatic heterocycles. The molecule has 0 unspecified atom stereocenters. The van der Waals surface area contributed by atoms with E-state index in [1.807, 2.05) is 13.1 Å². The zero-order chi connectivity index (χ0) is 16.5. The highest BCUT2D eigenvalue weighted by Crippen LogP contribution is 2.26. The molecule has 0 amide bonds. The van der Waals surface area contributed by atoms with Gasteiger partial charge in [0, 0.05) is 29.7 Å². The molecule has 4 rings (SSSR count). The molecule has 1 aliphatic heterocycles. The van der Waals surface area contributed by atoms with Gasteiger partial charge in [0.15, 0.2) is 11.5 Å². The highest BCUT2D eigenvalue weighted by atomic mass is 15.2. The Labute approximate surface area is 139 Å². The number of fused-ring (bicyclic) bond motifs is 1. The van der Waals surface area contributed by atoms with Crippen LogP contribution in [-0.2, 0) is 13.1 Å². The van der Waals surface area contributed by atoms with E-state index in [1.165, 1.54) is 5.56 Å². The lowest BCUT2D eigenvalue weighted by Crippen LogP contribution is -2.32. The summed E-state index contributed by atoms with van der Waals surface area (Å²) in [4.78, 5) is 11.4. The van der Waals surface area contributed by atoms with Crippen LogP contribution < -0.4 is 5.73 Å². The maximum atomic E-state index is 5.59. The van der Waals surface area contributed by atoms with E-state index in [4.69, 9.17) is 5.73 Å². The minimum atomic E-state index is 0.411. The SMILES string of the molecule is Cc1[nH]nc2ncc(CN3CCC(c4n[nH]c(CN)n4)CC3)cc12. The molecule has 8 heteroatoms. The molecule has 0 bridgehead atoms. The molecule has 1 aliphatic rings. The number of rotatable bonds is 4. The van der Waals surface area contributed by atoms with E-state index in [0.29, 0.717) is 12.5 Å². The zero-order valence-electron chi connectivity index (χ0n) is 13.8. The molecule has 24 heavy (non-hydrogen) atoms. The second-order valence-electron chi connectivity index (χ2n) is 6.46. The molecule has 0 spiro atoms. The highest BCUT2D eigenvalue weighted by Gasteiger charge is 2.23. The predicted molar refractivity (Wildman–Crippen MR) is 90.2 cm³/mol. The molecule has 0 aliphatic carbocycles. The van der Waals surface area contributed by atoms with Gasteiger partial charge in [0.2, 0.25) is 0 Å². The number of hydrogen-bond acceptors (Lipinski definition) is 6. The average Bonchev–Trinajstić information content (AvgIpc) is 3.23. The third-order valence-electron chi connectivity index (χ3n) is 4.76. The molecule has 3 aromatic rings. The van der Waals surface area contributed by atoms with Crippen molar-refractivity contribution < 1.29 is 0 Å². The molecule has 1 fully saturated rings. The summed E-state index contributed by atoms with van der Waals surface area (Å²) in [5.41, 5.74) is 8.67. The van der Waals surface area contributed by atoms with Crippen LogP contribution in [0, 0.1) is 6.92 Å². The number of aromatic amines is 2. The van der Waals surface area contributed by atoms with Gasteiger partial charge < -0.3 is 5.73 Å². The molecule has 4 N–H and O–H groups in total. The maximum absolute atomic E-state index is 5.59. The molecule has 0 atom stereocenters. The summed E-state index contributed by atoms with van der Waals surface area (Å²) in [6.45, 7) is 5.44. The summed E-state index contributed by atoms with van der Waals surface area (Å²) in [6, 6.07) is 2.19. The Morgan fingerprint density at radius 1 is 1.25 bits per heavy atom. The van der Waals surface area contributed by atoms with E-state index >= 15 is 0 Å². The van der Waals surface area contributed by atoms with Crippen molar-refractivity contribution >= 4 is 11.0 Å². The maximum Gasteiger partial charge on any atom is 0.181 e. The fourth-order valence-electron chi connectivity index (χ4n) is 3.34. The Bertz CT molecular complexity index is 828. The first kappa shape index (κ1) is 15.2. The quantitative estimate of drug-likeness (QED) is 0.664. The van der Waals surface area contributed by atoms with E-state index < -0.39 is 0 Å². The third kappa shape index (κ3) is 2.90. The van der Waals surface area contributed by atoms with Gasteiger partial charge in [-0.15, -0.1) is 0 Å². The van der Waals surface area contributed by atoms with Gasteiger partial charge in [-0.3, -0.25) is 15.1 Å². The van der Waals surface area contributed by atoms with Crippen LogP contribution in [0.3, 0.4) is 0 Å². The fourth-order valence-corrected chi connectivity index (χ4v) is 3.34. The van der Waals surface area contributed by atoms with Gasteiger partial charge in [0.1, 0.15) is 5.82 Å². The number of pyridine rings is 1.